The molecule has 1 aromatic carbocycles. The highest BCUT2D eigenvalue weighted by molar-refractivity contribution is 7.85. The fourth-order valence-electron chi connectivity index (χ4n) is 4.20. The van der Waals surface area contributed by atoms with Crippen molar-refractivity contribution in [2.24, 2.45) is 11.8 Å². The molecule has 6 nitrogen and oxygen atoms in total. The average Bonchev–Trinajstić information content (AvgIpc) is 3.16. The van der Waals surface area contributed by atoms with Crippen LogP contribution in [-0.4, -0.2) is 45.1 Å². The van der Waals surface area contributed by atoms with Gasteiger partial charge in [0.1, 0.15) is 6.04 Å². The Labute approximate surface area is 195 Å². The van der Waals surface area contributed by atoms with Gasteiger partial charge in [0.15, 0.2) is 0 Å². The summed E-state index contributed by atoms with van der Waals surface area (Å²) in [5.41, 5.74) is 0.426. The number of hydrogen-bond donors (Lipinski definition) is 1. The fourth-order valence-corrected chi connectivity index (χ4v) is 5.63. The molecule has 0 radical (unpaired) electrons. The molecule has 1 aliphatic heterocycles. The Bertz CT molecular complexity index is 835. The molecule has 1 saturated heterocycles. The third-order valence-electron chi connectivity index (χ3n) is 6.33. The molecule has 1 heterocycles. The van der Waals surface area contributed by atoms with E-state index in [9.17, 15) is 19.1 Å². The maximum atomic E-state index is 12.8. The maximum Gasteiger partial charge on any atom is 0.243 e. The number of nitrogens with zero attached hydrogens (tertiary/aromatic N) is 2. The van der Waals surface area contributed by atoms with Gasteiger partial charge in [-0.25, -0.2) is 0 Å². The molecule has 2 amide bonds. The second-order valence-corrected chi connectivity index (χ2v) is 10.9. The lowest BCUT2D eigenvalue weighted by molar-refractivity contribution is -0.138. The zero-order valence-electron chi connectivity index (χ0n) is 19.8. The number of benzene rings is 1. The summed E-state index contributed by atoms with van der Waals surface area (Å²) in [5, 5.41) is 12.9. The van der Waals surface area contributed by atoms with Crippen LogP contribution in [0.4, 0.5) is 0 Å². The van der Waals surface area contributed by atoms with Crippen LogP contribution in [0.15, 0.2) is 30.3 Å². The Balaban J connectivity index is 1.92. The Kier molecular flexibility index (Phi) is 9.89. The number of carbonyl (C=O) groups excluding carboxylic acids is 2. The van der Waals surface area contributed by atoms with E-state index in [2.05, 4.69) is 39.1 Å². The van der Waals surface area contributed by atoms with Crippen LogP contribution >= 0.6 is 0 Å². The minimum atomic E-state index is -1.19. The molecule has 1 fully saturated rings. The maximum absolute atomic E-state index is 12.8. The van der Waals surface area contributed by atoms with Crippen LogP contribution < -0.4 is 5.32 Å². The zero-order chi connectivity index (χ0) is 23.7. The van der Waals surface area contributed by atoms with Crippen LogP contribution in [-0.2, 0) is 25.8 Å². The lowest BCUT2D eigenvalue weighted by Crippen LogP contribution is -2.47. The second kappa shape index (κ2) is 12.2. The van der Waals surface area contributed by atoms with Gasteiger partial charge >= 0.3 is 0 Å². The molecule has 7 heteroatoms. The summed E-state index contributed by atoms with van der Waals surface area (Å²) in [6.45, 7) is 8.86. The molecular formula is C25H37N3O3S. The molecule has 3 atom stereocenters. The van der Waals surface area contributed by atoms with E-state index in [1.54, 1.807) is 0 Å². The standard InChI is InChI=1S/C25H37N3O3S/c1-19(2)13-15-27-24(30)22-16-32(31)18-28(22)23(29)12-8-9-14-25(17-26,20(3)4)21-10-6-5-7-11-21/h5-7,10-11,19-20,22H,8-9,12-16,18H2,1-4H3,(H,27,30)/t22-,25-,32?/m0/s1. The lowest BCUT2D eigenvalue weighted by atomic mass is 9.69. The Morgan fingerprint density at radius 3 is 2.50 bits per heavy atom. The number of rotatable bonds is 11. The predicted octanol–water partition coefficient (Wildman–Crippen LogP) is 3.74. The third-order valence-corrected chi connectivity index (χ3v) is 7.59. The van der Waals surface area contributed by atoms with Crippen LogP contribution in [0.25, 0.3) is 0 Å². The first-order valence-corrected chi connectivity index (χ1v) is 13.1. The molecule has 0 bridgehead atoms. The monoisotopic (exact) mass is 459 g/mol. The Morgan fingerprint density at radius 2 is 1.91 bits per heavy atom. The van der Waals surface area contributed by atoms with Gasteiger partial charge in [-0.15, -0.1) is 0 Å². The van der Waals surface area contributed by atoms with Crippen molar-refractivity contribution in [3.63, 3.8) is 0 Å². The van der Waals surface area contributed by atoms with Crippen LogP contribution in [0.2, 0.25) is 0 Å². The molecular weight excluding hydrogens is 422 g/mol. The predicted molar refractivity (Wildman–Crippen MR) is 128 cm³/mol. The van der Waals surface area contributed by atoms with E-state index in [0.717, 1.165) is 18.4 Å². The summed E-state index contributed by atoms with van der Waals surface area (Å²) in [4.78, 5) is 26.9. The smallest absolute Gasteiger partial charge is 0.243 e. The van der Waals surface area contributed by atoms with E-state index >= 15 is 0 Å². The van der Waals surface area contributed by atoms with E-state index in [-0.39, 0.29) is 29.4 Å². The highest BCUT2D eigenvalue weighted by atomic mass is 32.2. The van der Waals surface area contributed by atoms with Crippen molar-refractivity contribution in [1.29, 1.82) is 5.26 Å². The first-order valence-electron chi connectivity index (χ1n) is 11.6. The molecule has 1 N–H and O–H groups in total. The summed E-state index contributed by atoms with van der Waals surface area (Å²) < 4.78 is 12.1. The van der Waals surface area contributed by atoms with E-state index in [0.29, 0.717) is 31.7 Å². The molecule has 0 aromatic heterocycles. The minimum Gasteiger partial charge on any atom is -0.354 e. The first kappa shape index (κ1) is 26.1. The lowest BCUT2D eigenvalue weighted by Gasteiger charge is -2.31. The Morgan fingerprint density at radius 1 is 1.22 bits per heavy atom. The van der Waals surface area contributed by atoms with Crippen molar-refractivity contribution >= 4 is 22.6 Å². The van der Waals surface area contributed by atoms with Gasteiger partial charge in [-0.05, 0) is 36.7 Å². The highest BCUT2D eigenvalue weighted by Crippen LogP contribution is 2.37. The average molecular weight is 460 g/mol. The van der Waals surface area contributed by atoms with Crippen molar-refractivity contribution in [3.05, 3.63) is 35.9 Å². The van der Waals surface area contributed by atoms with Crippen molar-refractivity contribution < 1.29 is 13.8 Å². The molecule has 1 aliphatic rings. The van der Waals surface area contributed by atoms with Gasteiger partial charge in [-0.3, -0.25) is 13.8 Å². The van der Waals surface area contributed by atoms with Gasteiger partial charge in [-0.1, -0.05) is 64.4 Å². The minimum absolute atomic E-state index is 0.124. The summed E-state index contributed by atoms with van der Waals surface area (Å²) in [6.07, 6.45) is 3.19. The van der Waals surface area contributed by atoms with Crippen LogP contribution in [0.3, 0.4) is 0 Å². The van der Waals surface area contributed by atoms with E-state index in [4.69, 9.17) is 0 Å². The van der Waals surface area contributed by atoms with E-state index in [1.807, 2.05) is 30.3 Å². The van der Waals surface area contributed by atoms with Crippen LogP contribution in [0.5, 0.6) is 0 Å². The van der Waals surface area contributed by atoms with Gasteiger partial charge in [0, 0.05) is 23.8 Å². The van der Waals surface area contributed by atoms with Crippen molar-refractivity contribution in [2.75, 3.05) is 18.2 Å². The quantitative estimate of drug-likeness (QED) is 0.510. The topological polar surface area (TPSA) is 90.3 Å². The molecule has 0 spiro atoms. The van der Waals surface area contributed by atoms with Crippen LogP contribution in [0.1, 0.15) is 65.4 Å². The fraction of sp³-hybridized carbons (Fsp3) is 0.640. The molecule has 0 saturated carbocycles. The number of carbonyl (C=O) groups is 2. The summed E-state index contributed by atoms with van der Waals surface area (Å²) in [5.74, 6) is 0.611. The van der Waals surface area contributed by atoms with Gasteiger partial charge in [0.05, 0.1) is 23.1 Å². The van der Waals surface area contributed by atoms with Gasteiger partial charge < -0.3 is 10.2 Å². The Hall–Kier alpha value is -2.20. The summed E-state index contributed by atoms with van der Waals surface area (Å²) >= 11 is 0. The second-order valence-electron chi connectivity index (χ2n) is 9.40. The highest BCUT2D eigenvalue weighted by Gasteiger charge is 2.38. The van der Waals surface area contributed by atoms with Crippen molar-refractivity contribution in [2.45, 2.75) is 71.3 Å². The third kappa shape index (κ3) is 6.65. The number of hydrogen-bond acceptors (Lipinski definition) is 4. The SMILES string of the molecule is CC(C)CCNC(=O)[C@@H]1CS(=O)CN1C(=O)CCCC[C@@](C#N)(c1ccccc1)C(C)C. The molecule has 0 aliphatic carbocycles. The van der Waals surface area contributed by atoms with Gasteiger partial charge in [0.2, 0.25) is 11.8 Å². The molecule has 1 unspecified atom stereocenters. The van der Waals surface area contributed by atoms with E-state index < -0.39 is 22.3 Å². The first-order chi connectivity index (χ1) is 15.2. The van der Waals surface area contributed by atoms with Crippen molar-refractivity contribution in [1.82, 2.24) is 10.2 Å². The van der Waals surface area contributed by atoms with E-state index in [1.165, 1.54) is 4.90 Å². The largest absolute Gasteiger partial charge is 0.354 e. The molecule has 1 aromatic rings. The number of unbranched alkanes of at least 4 members (excludes halogenated alkanes) is 1. The number of nitrogens with one attached hydrogen (secondary N) is 1. The van der Waals surface area contributed by atoms with Gasteiger partial charge in [-0.2, -0.15) is 5.26 Å². The van der Waals surface area contributed by atoms with Crippen LogP contribution in [0, 0.1) is 23.2 Å². The zero-order valence-corrected chi connectivity index (χ0v) is 20.6. The molecule has 176 valence electrons. The number of nitriles is 1. The molecule has 2 rings (SSSR count). The summed E-state index contributed by atoms with van der Waals surface area (Å²) in [6, 6.07) is 11.7. The molecule has 32 heavy (non-hydrogen) atoms. The normalized spacial score (nSPS) is 20.2. The summed E-state index contributed by atoms with van der Waals surface area (Å²) in [7, 11) is -1.19. The van der Waals surface area contributed by atoms with Gasteiger partial charge in [0.25, 0.3) is 0 Å². The van der Waals surface area contributed by atoms with Crippen molar-refractivity contribution in [3.8, 4) is 6.07 Å². The number of amides is 2.